The quantitative estimate of drug-likeness (QED) is 0.541. The van der Waals surface area contributed by atoms with Gasteiger partial charge in [-0.15, -0.1) is 12.3 Å². The molecular formula is C14H20O. The number of rotatable bonds is 2. The number of terminal acetylenes is 1. The summed E-state index contributed by atoms with van der Waals surface area (Å²) in [5.74, 6) is 3.03. The second-order valence-electron chi connectivity index (χ2n) is 4.90. The minimum atomic E-state index is -0.554. The van der Waals surface area contributed by atoms with Crippen molar-refractivity contribution in [2.75, 3.05) is 0 Å². The van der Waals surface area contributed by atoms with Crippen LogP contribution in [0, 0.1) is 18.3 Å². The molecule has 1 saturated carbocycles. The molecule has 2 rings (SSSR count). The minimum Gasteiger partial charge on any atom is -0.385 e. The van der Waals surface area contributed by atoms with E-state index in [0.29, 0.717) is 5.92 Å². The first-order valence-corrected chi connectivity index (χ1v) is 6.13. The monoisotopic (exact) mass is 204 g/mol. The Morgan fingerprint density at radius 3 is 3.00 bits per heavy atom. The Bertz CT molecular complexity index is 297. The van der Waals surface area contributed by atoms with Crippen molar-refractivity contribution < 1.29 is 5.11 Å². The molecule has 1 fully saturated rings. The summed E-state index contributed by atoms with van der Waals surface area (Å²) in [6.07, 6.45) is 16.2. The third-order valence-corrected chi connectivity index (χ3v) is 4.00. The molecule has 0 radical (unpaired) electrons. The SMILES string of the molecule is C#CC[C@@H]1CCCC[C@@]1(O)C1=CCCC1. The van der Waals surface area contributed by atoms with Crippen LogP contribution in [-0.2, 0) is 0 Å². The van der Waals surface area contributed by atoms with Gasteiger partial charge in [-0.05, 0) is 37.7 Å². The smallest absolute Gasteiger partial charge is 0.0893 e. The number of hydrogen-bond donors (Lipinski definition) is 1. The highest BCUT2D eigenvalue weighted by atomic mass is 16.3. The average Bonchev–Trinajstić information content (AvgIpc) is 2.75. The minimum absolute atomic E-state index is 0.306. The fraction of sp³-hybridized carbons (Fsp3) is 0.714. The van der Waals surface area contributed by atoms with Crippen molar-refractivity contribution in [2.45, 2.75) is 57.0 Å². The van der Waals surface area contributed by atoms with Crippen molar-refractivity contribution in [1.29, 1.82) is 0 Å². The van der Waals surface area contributed by atoms with Crippen molar-refractivity contribution in [2.24, 2.45) is 5.92 Å². The predicted octanol–water partition coefficient (Wildman–Crippen LogP) is 3.04. The van der Waals surface area contributed by atoms with Crippen LogP contribution in [0.5, 0.6) is 0 Å². The first-order valence-electron chi connectivity index (χ1n) is 6.13. The average molecular weight is 204 g/mol. The van der Waals surface area contributed by atoms with Gasteiger partial charge in [-0.25, -0.2) is 0 Å². The molecule has 0 spiro atoms. The highest BCUT2D eigenvalue weighted by Gasteiger charge is 2.41. The molecule has 0 aromatic rings. The molecule has 2 aliphatic carbocycles. The molecule has 0 aromatic heterocycles. The van der Waals surface area contributed by atoms with E-state index in [1.807, 2.05) is 0 Å². The largest absolute Gasteiger partial charge is 0.385 e. The molecule has 15 heavy (non-hydrogen) atoms. The maximum atomic E-state index is 10.8. The number of aliphatic hydroxyl groups is 1. The van der Waals surface area contributed by atoms with Gasteiger partial charge < -0.3 is 5.11 Å². The summed E-state index contributed by atoms with van der Waals surface area (Å²) in [6.45, 7) is 0. The topological polar surface area (TPSA) is 20.2 Å². The number of allylic oxidation sites excluding steroid dienone is 1. The van der Waals surface area contributed by atoms with Crippen molar-refractivity contribution in [3.63, 3.8) is 0 Å². The van der Waals surface area contributed by atoms with Gasteiger partial charge in [0.2, 0.25) is 0 Å². The van der Waals surface area contributed by atoms with Crippen molar-refractivity contribution >= 4 is 0 Å². The Hall–Kier alpha value is -0.740. The zero-order valence-corrected chi connectivity index (χ0v) is 9.34. The molecule has 0 aliphatic heterocycles. The molecule has 0 bridgehead atoms. The normalized spacial score (nSPS) is 36.0. The summed E-state index contributed by atoms with van der Waals surface area (Å²) in [5.41, 5.74) is 0.726. The van der Waals surface area contributed by atoms with Crippen molar-refractivity contribution in [1.82, 2.24) is 0 Å². The molecule has 1 heteroatoms. The second-order valence-corrected chi connectivity index (χ2v) is 4.90. The first kappa shape index (κ1) is 10.8. The van der Waals surface area contributed by atoms with Crippen LogP contribution < -0.4 is 0 Å². The summed E-state index contributed by atoms with van der Waals surface area (Å²) in [5, 5.41) is 10.8. The van der Waals surface area contributed by atoms with Crippen LogP contribution in [-0.4, -0.2) is 10.7 Å². The van der Waals surface area contributed by atoms with Crippen molar-refractivity contribution in [3.8, 4) is 12.3 Å². The first-order chi connectivity index (χ1) is 7.27. The van der Waals surface area contributed by atoms with E-state index in [2.05, 4.69) is 12.0 Å². The van der Waals surface area contributed by atoms with Gasteiger partial charge in [-0.2, -0.15) is 0 Å². The fourth-order valence-corrected chi connectivity index (χ4v) is 3.13. The third-order valence-electron chi connectivity index (χ3n) is 4.00. The molecule has 0 saturated heterocycles. The molecule has 0 aromatic carbocycles. The van der Waals surface area contributed by atoms with Gasteiger partial charge in [-0.3, -0.25) is 0 Å². The van der Waals surface area contributed by atoms with Gasteiger partial charge in [0.1, 0.15) is 0 Å². The summed E-state index contributed by atoms with van der Waals surface area (Å²) in [7, 11) is 0. The molecule has 0 unspecified atom stereocenters. The van der Waals surface area contributed by atoms with E-state index in [1.165, 1.54) is 18.4 Å². The summed E-state index contributed by atoms with van der Waals surface area (Å²) in [4.78, 5) is 0. The lowest BCUT2D eigenvalue weighted by Gasteiger charge is -2.40. The third kappa shape index (κ3) is 1.96. The van der Waals surface area contributed by atoms with Crippen LogP contribution in [0.3, 0.4) is 0 Å². The molecule has 0 amide bonds. The summed E-state index contributed by atoms with van der Waals surface area (Å²) >= 11 is 0. The molecule has 0 heterocycles. The van der Waals surface area contributed by atoms with Gasteiger partial charge in [0, 0.05) is 12.3 Å². The Kier molecular flexibility index (Phi) is 3.17. The van der Waals surface area contributed by atoms with Crippen LogP contribution in [0.2, 0.25) is 0 Å². The highest BCUT2D eigenvalue weighted by Crippen LogP contribution is 2.44. The standard InChI is InChI=1S/C14H20O/c1-2-7-12-10-5-6-11-14(12,15)13-8-3-4-9-13/h1,8,12,15H,3-7,9-11H2/t12-,14+/m1/s1. The van der Waals surface area contributed by atoms with Gasteiger partial charge >= 0.3 is 0 Å². The van der Waals surface area contributed by atoms with E-state index < -0.39 is 5.60 Å². The molecule has 2 atom stereocenters. The molecule has 1 nitrogen and oxygen atoms in total. The maximum absolute atomic E-state index is 10.8. The van der Waals surface area contributed by atoms with Crippen LogP contribution in [0.4, 0.5) is 0 Å². The lowest BCUT2D eigenvalue weighted by molar-refractivity contribution is -0.0150. The van der Waals surface area contributed by atoms with Crippen LogP contribution in [0.25, 0.3) is 0 Å². The van der Waals surface area contributed by atoms with E-state index >= 15 is 0 Å². The molecule has 82 valence electrons. The van der Waals surface area contributed by atoms with Gasteiger partial charge in [0.15, 0.2) is 0 Å². The summed E-state index contributed by atoms with van der Waals surface area (Å²) < 4.78 is 0. The Morgan fingerprint density at radius 2 is 2.33 bits per heavy atom. The molecule has 2 aliphatic rings. The van der Waals surface area contributed by atoms with E-state index in [9.17, 15) is 5.11 Å². The van der Waals surface area contributed by atoms with E-state index in [4.69, 9.17) is 6.42 Å². The van der Waals surface area contributed by atoms with Crippen LogP contribution in [0.15, 0.2) is 11.6 Å². The summed E-state index contributed by atoms with van der Waals surface area (Å²) in [6, 6.07) is 0. The maximum Gasteiger partial charge on any atom is 0.0893 e. The lowest BCUT2D eigenvalue weighted by atomic mass is 9.70. The predicted molar refractivity (Wildman–Crippen MR) is 62.3 cm³/mol. The van der Waals surface area contributed by atoms with Crippen LogP contribution >= 0.6 is 0 Å². The zero-order valence-electron chi connectivity index (χ0n) is 9.34. The number of hydrogen-bond acceptors (Lipinski definition) is 1. The fourth-order valence-electron chi connectivity index (χ4n) is 3.13. The van der Waals surface area contributed by atoms with E-state index in [-0.39, 0.29) is 0 Å². The Balaban J connectivity index is 2.17. The Labute approximate surface area is 92.6 Å². The highest BCUT2D eigenvalue weighted by molar-refractivity contribution is 5.23. The second kappa shape index (κ2) is 4.41. The van der Waals surface area contributed by atoms with Gasteiger partial charge in [-0.1, -0.05) is 18.9 Å². The van der Waals surface area contributed by atoms with Crippen molar-refractivity contribution in [3.05, 3.63) is 11.6 Å². The lowest BCUT2D eigenvalue weighted by Crippen LogP contribution is -2.42. The molecule has 1 N–H and O–H groups in total. The van der Waals surface area contributed by atoms with Gasteiger partial charge in [0.05, 0.1) is 5.60 Å². The van der Waals surface area contributed by atoms with E-state index in [1.54, 1.807) is 0 Å². The van der Waals surface area contributed by atoms with Crippen LogP contribution in [0.1, 0.15) is 51.4 Å². The zero-order chi connectivity index (χ0) is 10.7. The Morgan fingerprint density at radius 1 is 1.47 bits per heavy atom. The van der Waals surface area contributed by atoms with E-state index in [0.717, 1.165) is 38.5 Å². The molecular weight excluding hydrogens is 184 g/mol. The van der Waals surface area contributed by atoms with Gasteiger partial charge in [0.25, 0.3) is 0 Å².